The van der Waals surface area contributed by atoms with E-state index in [1.807, 2.05) is 0 Å². The average molecular weight is 368 g/mol. The van der Waals surface area contributed by atoms with E-state index in [1.54, 1.807) is 24.3 Å². The summed E-state index contributed by atoms with van der Waals surface area (Å²) in [6, 6.07) is 9.56. The predicted octanol–water partition coefficient (Wildman–Crippen LogP) is 2.27. The van der Waals surface area contributed by atoms with Crippen molar-refractivity contribution < 1.29 is 14.0 Å². The lowest BCUT2D eigenvalue weighted by atomic mass is 10.2. The number of furan rings is 1. The number of anilines is 1. The van der Waals surface area contributed by atoms with E-state index in [1.165, 1.54) is 12.1 Å². The van der Waals surface area contributed by atoms with Crippen LogP contribution in [0.3, 0.4) is 0 Å². The number of nitrogens with one attached hydrogen (secondary N) is 2. The number of hydrogen-bond acceptors (Lipinski definition) is 4. The van der Waals surface area contributed by atoms with Gasteiger partial charge in [0.25, 0.3) is 5.91 Å². The number of carbonyl (C=O) groups excluding carboxylic acids is 2. The molecule has 0 aliphatic rings. The number of carbonyl (C=O) groups is 2. The van der Waals surface area contributed by atoms with Crippen LogP contribution in [0.2, 0.25) is 0 Å². The average Bonchev–Trinajstić information content (AvgIpc) is 2.85. The molecule has 0 fully saturated rings. The van der Waals surface area contributed by atoms with Crippen molar-refractivity contribution >= 4 is 50.8 Å². The molecule has 1 aromatic carbocycles. The quantitative estimate of drug-likeness (QED) is 0.722. The molecule has 4 N–H and O–H groups in total. The molecule has 0 aliphatic carbocycles. The van der Waals surface area contributed by atoms with E-state index >= 15 is 0 Å². The van der Waals surface area contributed by atoms with Gasteiger partial charge in [0.2, 0.25) is 5.91 Å². The topological polar surface area (TPSA) is 97.4 Å². The first-order valence-electron chi connectivity index (χ1n) is 5.73. The minimum Gasteiger partial charge on any atom is -0.444 e. The number of thiocarbonyl (C=S) groups is 1. The van der Waals surface area contributed by atoms with Gasteiger partial charge in [0.05, 0.1) is 0 Å². The molecule has 21 heavy (non-hydrogen) atoms. The Balaban J connectivity index is 2.00. The van der Waals surface area contributed by atoms with E-state index in [2.05, 4.69) is 26.6 Å². The summed E-state index contributed by atoms with van der Waals surface area (Å²) in [7, 11) is 0. The molecule has 0 unspecified atom stereocenters. The lowest BCUT2D eigenvalue weighted by Gasteiger charge is -2.09. The lowest BCUT2D eigenvalue weighted by molar-refractivity contribution is 0.0948. The van der Waals surface area contributed by atoms with Gasteiger partial charge in [-0.2, -0.15) is 0 Å². The normalized spacial score (nSPS) is 9.95. The van der Waals surface area contributed by atoms with Crippen LogP contribution in [0, 0.1) is 0 Å². The molecule has 8 heteroatoms. The SMILES string of the molecule is NC(=O)c1cccc(NC(=S)NC(=O)c2ccc(Br)o2)c1. The zero-order valence-corrected chi connectivity index (χ0v) is 13.0. The third-order valence-corrected chi connectivity index (χ3v) is 3.06. The monoisotopic (exact) mass is 367 g/mol. The van der Waals surface area contributed by atoms with Gasteiger partial charge in [-0.15, -0.1) is 0 Å². The Kier molecular flexibility index (Phi) is 4.71. The van der Waals surface area contributed by atoms with E-state index in [-0.39, 0.29) is 10.9 Å². The van der Waals surface area contributed by atoms with Gasteiger partial charge in [0.1, 0.15) is 0 Å². The highest BCUT2D eigenvalue weighted by molar-refractivity contribution is 9.10. The number of halogens is 1. The fourth-order valence-corrected chi connectivity index (χ4v) is 2.03. The van der Waals surface area contributed by atoms with Crippen LogP contribution in [0.15, 0.2) is 45.5 Å². The summed E-state index contributed by atoms with van der Waals surface area (Å²) < 4.78 is 5.55. The van der Waals surface area contributed by atoms with Gasteiger partial charge in [0.15, 0.2) is 15.5 Å². The molecule has 0 radical (unpaired) electrons. The lowest BCUT2D eigenvalue weighted by Crippen LogP contribution is -2.33. The molecule has 2 aromatic rings. The van der Waals surface area contributed by atoms with Gasteiger partial charge in [-0.05, 0) is 58.5 Å². The van der Waals surface area contributed by atoms with Crippen LogP contribution < -0.4 is 16.4 Å². The largest absolute Gasteiger partial charge is 0.444 e. The number of primary amides is 1. The first kappa shape index (κ1) is 15.2. The van der Waals surface area contributed by atoms with Crippen molar-refractivity contribution in [1.29, 1.82) is 0 Å². The molecule has 0 atom stereocenters. The van der Waals surface area contributed by atoms with Crippen LogP contribution >= 0.6 is 28.1 Å². The van der Waals surface area contributed by atoms with Gasteiger partial charge in [-0.3, -0.25) is 14.9 Å². The van der Waals surface area contributed by atoms with Crippen LogP contribution in [-0.4, -0.2) is 16.9 Å². The van der Waals surface area contributed by atoms with Crippen molar-refractivity contribution in [3.05, 3.63) is 52.4 Å². The number of amides is 2. The summed E-state index contributed by atoms with van der Waals surface area (Å²) >= 11 is 8.12. The van der Waals surface area contributed by atoms with E-state index < -0.39 is 11.8 Å². The second-order valence-corrected chi connectivity index (χ2v) is 5.15. The molecular formula is C13H10BrN3O3S. The highest BCUT2D eigenvalue weighted by Crippen LogP contribution is 2.14. The fraction of sp³-hybridized carbons (Fsp3) is 0. The third-order valence-electron chi connectivity index (χ3n) is 2.43. The minimum absolute atomic E-state index is 0.0779. The van der Waals surface area contributed by atoms with Crippen LogP contribution in [-0.2, 0) is 0 Å². The van der Waals surface area contributed by atoms with Crippen molar-refractivity contribution in [2.45, 2.75) is 0 Å². The van der Waals surface area contributed by atoms with Crippen molar-refractivity contribution in [3.8, 4) is 0 Å². The summed E-state index contributed by atoms with van der Waals surface area (Å²) in [4.78, 5) is 22.9. The van der Waals surface area contributed by atoms with E-state index in [9.17, 15) is 9.59 Å². The molecule has 0 spiro atoms. The summed E-state index contributed by atoms with van der Waals surface area (Å²) in [6.07, 6.45) is 0. The highest BCUT2D eigenvalue weighted by atomic mass is 79.9. The van der Waals surface area contributed by atoms with Crippen molar-refractivity contribution in [3.63, 3.8) is 0 Å². The zero-order chi connectivity index (χ0) is 15.4. The van der Waals surface area contributed by atoms with Crippen LogP contribution in [0.1, 0.15) is 20.9 Å². The molecule has 2 amide bonds. The fourth-order valence-electron chi connectivity index (χ4n) is 1.51. The van der Waals surface area contributed by atoms with Gasteiger partial charge >= 0.3 is 0 Å². The van der Waals surface area contributed by atoms with Crippen LogP contribution in [0.5, 0.6) is 0 Å². The Morgan fingerprint density at radius 2 is 2.00 bits per heavy atom. The van der Waals surface area contributed by atoms with Crippen molar-refractivity contribution in [2.75, 3.05) is 5.32 Å². The van der Waals surface area contributed by atoms with Gasteiger partial charge < -0.3 is 15.5 Å². The number of benzene rings is 1. The molecule has 0 bridgehead atoms. The van der Waals surface area contributed by atoms with Crippen LogP contribution in [0.4, 0.5) is 5.69 Å². The Bertz CT molecular complexity index is 714. The maximum absolute atomic E-state index is 11.8. The predicted molar refractivity (Wildman–Crippen MR) is 85.1 cm³/mol. The Morgan fingerprint density at radius 3 is 2.62 bits per heavy atom. The third kappa shape index (κ3) is 4.14. The number of nitrogens with two attached hydrogens (primary N) is 1. The first-order valence-corrected chi connectivity index (χ1v) is 6.93. The Labute approximate surface area is 133 Å². The molecule has 6 nitrogen and oxygen atoms in total. The Morgan fingerprint density at radius 1 is 1.24 bits per heavy atom. The van der Waals surface area contributed by atoms with Gasteiger partial charge in [-0.25, -0.2) is 0 Å². The zero-order valence-electron chi connectivity index (χ0n) is 10.6. The van der Waals surface area contributed by atoms with Gasteiger partial charge in [-0.1, -0.05) is 6.07 Å². The summed E-state index contributed by atoms with van der Waals surface area (Å²) in [5, 5.41) is 5.32. The molecule has 0 saturated heterocycles. The van der Waals surface area contributed by atoms with E-state index in [0.717, 1.165) is 0 Å². The van der Waals surface area contributed by atoms with Crippen molar-refractivity contribution in [2.24, 2.45) is 5.73 Å². The molecule has 108 valence electrons. The maximum Gasteiger partial charge on any atom is 0.293 e. The first-order chi connectivity index (χ1) is 9.95. The number of hydrogen-bond donors (Lipinski definition) is 3. The maximum atomic E-state index is 11.8. The second-order valence-electron chi connectivity index (χ2n) is 3.96. The van der Waals surface area contributed by atoms with E-state index in [4.69, 9.17) is 22.4 Å². The second kappa shape index (κ2) is 6.51. The van der Waals surface area contributed by atoms with E-state index in [0.29, 0.717) is 15.9 Å². The Hall–Kier alpha value is -2.19. The molecular weight excluding hydrogens is 358 g/mol. The summed E-state index contributed by atoms with van der Waals surface area (Å²) in [5.41, 5.74) is 6.06. The summed E-state index contributed by atoms with van der Waals surface area (Å²) in [6.45, 7) is 0. The molecule has 0 saturated carbocycles. The molecule has 0 aliphatic heterocycles. The molecule has 1 heterocycles. The van der Waals surface area contributed by atoms with Crippen LogP contribution in [0.25, 0.3) is 0 Å². The standard InChI is InChI=1S/C13H10BrN3O3S/c14-10-5-4-9(20-10)12(19)17-13(21)16-8-3-1-2-7(6-8)11(15)18/h1-6H,(H2,15,18)(H2,16,17,19,21). The highest BCUT2D eigenvalue weighted by Gasteiger charge is 2.12. The number of rotatable bonds is 3. The molecule has 1 aromatic heterocycles. The minimum atomic E-state index is -0.547. The summed E-state index contributed by atoms with van der Waals surface area (Å²) in [5.74, 6) is -0.907. The van der Waals surface area contributed by atoms with Gasteiger partial charge in [0, 0.05) is 11.3 Å². The smallest absolute Gasteiger partial charge is 0.293 e. The molecule has 2 rings (SSSR count). The van der Waals surface area contributed by atoms with Crippen molar-refractivity contribution in [1.82, 2.24) is 5.32 Å².